The van der Waals surface area contributed by atoms with E-state index in [9.17, 15) is 4.79 Å². The van der Waals surface area contributed by atoms with Gasteiger partial charge in [0.25, 0.3) is 0 Å². The van der Waals surface area contributed by atoms with Gasteiger partial charge < -0.3 is 4.57 Å². The minimum atomic E-state index is 0.239. The van der Waals surface area contributed by atoms with Gasteiger partial charge in [-0.25, -0.2) is 0 Å². The zero-order valence-electron chi connectivity index (χ0n) is 13.8. The number of allylic oxidation sites excluding steroid dienone is 1. The molecule has 1 aromatic heterocycles. The zero-order valence-corrected chi connectivity index (χ0v) is 14.6. The number of thioether (sulfide) groups is 1. The second-order valence-corrected chi connectivity index (χ2v) is 8.26. The van der Waals surface area contributed by atoms with Crippen LogP contribution in [0.25, 0.3) is 10.9 Å². The molecule has 0 fully saturated rings. The molecule has 0 N–H and O–H groups in total. The highest BCUT2D eigenvalue weighted by molar-refractivity contribution is 8.00. The third kappa shape index (κ3) is 4.26. The molecule has 2 rings (SSSR count). The van der Waals surface area contributed by atoms with Crippen molar-refractivity contribution >= 4 is 29.0 Å². The van der Waals surface area contributed by atoms with E-state index in [1.165, 1.54) is 5.57 Å². The van der Waals surface area contributed by atoms with Crippen molar-refractivity contribution in [2.45, 2.75) is 44.9 Å². The lowest BCUT2D eigenvalue weighted by Gasteiger charge is -2.24. The maximum Gasteiger partial charge on any atom is 0.166 e. The van der Waals surface area contributed by atoms with Crippen molar-refractivity contribution in [3.63, 3.8) is 0 Å². The Bertz CT molecular complexity index is 669. The minimum absolute atomic E-state index is 0.239. The summed E-state index contributed by atoms with van der Waals surface area (Å²) in [5.74, 6) is 1.00. The van der Waals surface area contributed by atoms with Crippen LogP contribution in [0.4, 0.5) is 0 Å². The zero-order chi connectivity index (χ0) is 16.2. The summed E-state index contributed by atoms with van der Waals surface area (Å²) >= 11 is 1.97. The fourth-order valence-electron chi connectivity index (χ4n) is 2.58. The van der Waals surface area contributed by atoms with Crippen LogP contribution < -0.4 is 0 Å². The highest BCUT2D eigenvalue weighted by Gasteiger charge is 2.18. The second kappa shape index (κ2) is 7.19. The first kappa shape index (κ1) is 16.9. The molecule has 1 aromatic carbocycles. The van der Waals surface area contributed by atoms with Crippen molar-refractivity contribution in [3.8, 4) is 0 Å². The Morgan fingerprint density at radius 3 is 2.77 bits per heavy atom. The van der Waals surface area contributed by atoms with Gasteiger partial charge in [-0.05, 0) is 31.9 Å². The molecule has 2 aromatic rings. The van der Waals surface area contributed by atoms with Crippen LogP contribution in [0, 0.1) is 0 Å². The third-order valence-corrected chi connectivity index (χ3v) is 5.30. The lowest BCUT2D eigenvalue weighted by atomic mass is 10.0. The van der Waals surface area contributed by atoms with Crippen LogP contribution in [0.3, 0.4) is 0 Å². The van der Waals surface area contributed by atoms with Gasteiger partial charge in [-0.1, -0.05) is 37.6 Å². The Labute approximate surface area is 137 Å². The van der Waals surface area contributed by atoms with Gasteiger partial charge in [0.2, 0.25) is 0 Å². The van der Waals surface area contributed by atoms with Gasteiger partial charge in [-0.3, -0.25) is 4.79 Å². The number of hydrogen-bond donors (Lipinski definition) is 0. The average molecular weight is 315 g/mol. The highest BCUT2D eigenvalue weighted by atomic mass is 32.2. The number of nitrogens with zero attached hydrogens (tertiary/aromatic N) is 1. The van der Waals surface area contributed by atoms with E-state index in [2.05, 4.69) is 44.0 Å². The quantitative estimate of drug-likeness (QED) is 0.485. The minimum Gasteiger partial charge on any atom is -0.337 e. The molecule has 118 valence electrons. The molecular weight excluding hydrogens is 290 g/mol. The highest BCUT2D eigenvalue weighted by Crippen LogP contribution is 2.31. The lowest BCUT2D eigenvalue weighted by Crippen LogP contribution is -2.17. The molecule has 3 heteroatoms. The Balaban J connectivity index is 2.02. The summed E-state index contributed by atoms with van der Waals surface area (Å²) in [6, 6.07) is 10.1. The number of fused-ring (bicyclic) bond motifs is 1. The molecule has 0 unspecified atom stereocenters. The van der Waals surface area contributed by atoms with Crippen LogP contribution >= 0.6 is 11.8 Å². The smallest absolute Gasteiger partial charge is 0.166 e. The molecule has 0 saturated carbocycles. The van der Waals surface area contributed by atoms with Crippen molar-refractivity contribution in [3.05, 3.63) is 48.2 Å². The number of aromatic nitrogens is 1. The Morgan fingerprint density at radius 2 is 2.09 bits per heavy atom. The van der Waals surface area contributed by atoms with E-state index < -0.39 is 0 Å². The number of benzene rings is 1. The van der Waals surface area contributed by atoms with Crippen molar-refractivity contribution in [2.24, 2.45) is 0 Å². The van der Waals surface area contributed by atoms with Gasteiger partial charge in [0.1, 0.15) is 0 Å². The number of para-hydroxylation sites is 1. The van der Waals surface area contributed by atoms with E-state index in [0.717, 1.165) is 48.0 Å². The standard InChI is InChI=1S/C19H25NOS/c1-15(2)9-10-19(3,4)22-12-11-20-17(14-21)13-16-7-5-6-8-18(16)20/h5-8,13-14H,1,9-12H2,2-4H3. The number of hydrogen-bond acceptors (Lipinski definition) is 2. The third-order valence-electron chi connectivity index (χ3n) is 3.92. The first-order chi connectivity index (χ1) is 10.4. The van der Waals surface area contributed by atoms with Crippen molar-refractivity contribution < 1.29 is 4.79 Å². The second-order valence-electron chi connectivity index (χ2n) is 6.46. The van der Waals surface area contributed by atoms with Crippen molar-refractivity contribution in [1.82, 2.24) is 4.57 Å². The molecular formula is C19H25NOS. The molecule has 0 atom stereocenters. The average Bonchev–Trinajstić information content (AvgIpc) is 2.83. The summed E-state index contributed by atoms with van der Waals surface area (Å²) in [5.41, 5.74) is 3.15. The summed E-state index contributed by atoms with van der Waals surface area (Å²) in [7, 11) is 0. The van der Waals surface area contributed by atoms with Crippen LogP contribution in [0.5, 0.6) is 0 Å². The van der Waals surface area contributed by atoms with Crippen molar-refractivity contribution in [1.29, 1.82) is 0 Å². The summed E-state index contributed by atoms with van der Waals surface area (Å²) in [6.45, 7) is 11.5. The van der Waals surface area contributed by atoms with E-state index in [0.29, 0.717) is 0 Å². The topological polar surface area (TPSA) is 22.0 Å². The molecule has 1 heterocycles. The number of aldehydes is 1. The molecule has 0 aliphatic rings. The fraction of sp³-hybridized carbons (Fsp3) is 0.421. The first-order valence-electron chi connectivity index (χ1n) is 7.75. The van der Waals surface area contributed by atoms with Gasteiger partial charge in [-0.2, -0.15) is 11.8 Å². The maximum absolute atomic E-state index is 11.3. The van der Waals surface area contributed by atoms with Crippen LogP contribution in [-0.4, -0.2) is 21.4 Å². The number of rotatable bonds is 8. The van der Waals surface area contributed by atoms with Gasteiger partial charge in [0.15, 0.2) is 6.29 Å². The monoisotopic (exact) mass is 315 g/mol. The summed E-state index contributed by atoms with van der Waals surface area (Å²) in [5, 5.41) is 1.14. The van der Waals surface area contributed by atoms with Gasteiger partial charge in [-0.15, -0.1) is 6.58 Å². The fourth-order valence-corrected chi connectivity index (χ4v) is 3.65. The van der Waals surface area contributed by atoms with Gasteiger partial charge >= 0.3 is 0 Å². The summed E-state index contributed by atoms with van der Waals surface area (Å²) in [4.78, 5) is 11.3. The Hall–Kier alpha value is -1.48. The van der Waals surface area contributed by atoms with Crippen LogP contribution in [0.2, 0.25) is 0 Å². The van der Waals surface area contributed by atoms with E-state index in [1.54, 1.807) is 0 Å². The molecule has 0 aliphatic heterocycles. The summed E-state index contributed by atoms with van der Waals surface area (Å²) in [6.07, 6.45) is 3.17. The SMILES string of the molecule is C=C(C)CCC(C)(C)SCCn1c(C=O)cc2ccccc21. The number of carbonyl (C=O) groups is 1. The normalized spacial score (nSPS) is 11.8. The van der Waals surface area contributed by atoms with E-state index in [1.807, 2.05) is 30.0 Å². The molecule has 2 nitrogen and oxygen atoms in total. The molecule has 0 bridgehead atoms. The maximum atomic E-state index is 11.3. The van der Waals surface area contributed by atoms with E-state index >= 15 is 0 Å². The molecule has 0 amide bonds. The number of carbonyl (C=O) groups excluding carboxylic acids is 1. The summed E-state index contributed by atoms with van der Waals surface area (Å²) < 4.78 is 2.37. The van der Waals surface area contributed by atoms with Gasteiger partial charge in [0, 0.05) is 27.9 Å². The van der Waals surface area contributed by atoms with Gasteiger partial charge in [0.05, 0.1) is 5.69 Å². The van der Waals surface area contributed by atoms with E-state index in [-0.39, 0.29) is 4.75 Å². The first-order valence-corrected chi connectivity index (χ1v) is 8.73. The molecule has 0 radical (unpaired) electrons. The number of aryl methyl sites for hydroxylation is 1. The Kier molecular flexibility index (Phi) is 5.52. The largest absolute Gasteiger partial charge is 0.337 e. The Morgan fingerprint density at radius 1 is 1.36 bits per heavy atom. The van der Waals surface area contributed by atoms with Crippen LogP contribution in [0.1, 0.15) is 44.1 Å². The van der Waals surface area contributed by atoms with Crippen LogP contribution in [-0.2, 0) is 6.54 Å². The lowest BCUT2D eigenvalue weighted by molar-refractivity contribution is 0.111. The van der Waals surface area contributed by atoms with Crippen molar-refractivity contribution in [2.75, 3.05) is 5.75 Å². The molecule has 22 heavy (non-hydrogen) atoms. The predicted molar refractivity (Wildman–Crippen MR) is 97.9 cm³/mol. The van der Waals surface area contributed by atoms with Crippen LogP contribution in [0.15, 0.2) is 42.5 Å². The molecule has 0 saturated heterocycles. The van der Waals surface area contributed by atoms with E-state index in [4.69, 9.17) is 0 Å². The molecule has 0 aliphatic carbocycles. The predicted octanol–water partition coefficient (Wildman–Crippen LogP) is 5.32. The molecule has 0 spiro atoms.